The number of H-pyrrole nitrogens is 1. The molecular weight excluding hydrogens is 768 g/mol. The number of rotatable bonds is 6. The van der Waals surface area contributed by atoms with Crippen LogP contribution in [0.3, 0.4) is 0 Å². The minimum absolute atomic E-state index is 0.0244. The summed E-state index contributed by atoms with van der Waals surface area (Å²) in [5.41, 5.74) is 0.249. The fourth-order valence-corrected chi connectivity index (χ4v) is 6.25. The number of likely N-dealkylation sites (tertiary alicyclic amines) is 2. The lowest BCUT2D eigenvalue weighted by Gasteiger charge is -2.27. The number of pyridine rings is 2. The van der Waals surface area contributed by atoms with Gasteiger partial charge < -0.3 is 43.2 Å². The first-order valence-electron chi connectivity index (χ1n) is 18.8. The van der Waals surface area contributed by atoms with E-state index in [1.54, 1.807) is 92.4 Å². The van der Waals surface area contributed by atoms with Crippen molar-refractivity contribution in [2.45, 2.75) is 89.9 Å². The first kappa shape index (κ1) is 45.6. The molecular formula is C42H54N4O13. The van der Waals surface area contributed by atoms with Crippen LogP contribution in [-0.2, 0) is 28.5 Å². The molecule has 2 aliphatic rings. The lowest BCUT2D eigenvalue weighted by atomic mass is 10.1. The van der Waals surface area contributed by atoms with Gasteiger partial charge in [0.2, 0.25) is 0 Å². The third kappa shape index (κ3) is 12.4. The number of aromatic amines is 1. The van der Waals surface area contributed by atoms with Gasteiger partial charge in [0.25, 0.3) is 0 Å². The van der Waals surface area contributed by atoms with E-state index < -0.39 is 53.5 Å². The number of hydrogen-bond donors (Lipinski definition) is 2. The number of fused-ring (bicyclic) bond motifs is 2. The number of nitrogens with zero attached hydrogens (tertiary/aromatic N) is 3. The van der Waals surface area contributed by atoms with Gasteiger partial charge in [-0.15, -0.1) is 0 Å². The molecule has 0 aliphatic carbocycles. The zero-order valence-corrected chi connectivity index (χ0v) is 35.1. The van der Waals surface area contributed by atoms with Gasteiger partial charge in [-0.3, -0.25) is 19.6 Å². The summed E-state index contributed by atoms with van der Waals surface area (Å²) >= 11 is 0. The van der Waals surface area contributed by atoms with Crippen molar-refractivity contribution in [3.63, 3.8) is 0 Å². The standard InChI is InChI=1S/C21H26N2O6.C11H19NO5.C10H9NO2/c1-21(2,3)29-20(25)23-12-14(11-17(23)19(24)27-5)28-18-8-9-22-16-10-13(26-4)6-7-15(16)18;1-11(2,3)17-10(15)12-6-7(13)5-8(12)9(14)16-4;1-13-7-2-3-8-9(6-7)11-5-4-10(8)12/h6-10,14,17H,11-12H2,1-5H3;7-8,13H,5-6H2,1-4H3;2-6H,1H3,(H,11,12)/t14-,17+;7-,8-;/m10./s1. The number of benzene rings is 2. The van der Waals surface area contributed by atoms with Crippen molar-refractivity contribution in [2.24, 2.45) is 0 Å². The van der Waals surface area contributed by atoms with Crippen LogP contribution in [0.1, 0.15) is 54.4 Å². The number of esters is 2. The van der Waals surface area contributed by atoms with E-state index in [9.17, 15) is 29.1 Å². The number of methoxy groups -OCH3 is 4. The molecule has 17 heteroatoms. The van der Waals surface area contributed by atoms with Crippen LogP contribution in [0.25, 0.3) is 21.8 Å². The Morgan fingerprint density at radius 1 is 0.729 bits per heavy atom. The highest BCUT2D eigenvalue weighted by molar-refractivity contribution is 5.86. The highest BCUT2D eigenvalue weighted by Gasteiger charge is 2.44. The van der Waals surface area contributed by atoms with E-state index in [0.717, 1.165) is 22.2 Å². The molecule has 2 fully saturated rings. The van der Waals surface area contributed by atoms with Crippen molar-refractivity contribution in [3.05, 3.63) is 71.1 Å². The Balaban J connectivity index is 0.000000216. The molecule has 2 N–H and O–H groups in total. The molecule has 0 bridgehead atoms. The molecule has 4 atom stereocenters. The topological polar surface area (TPSA) is 205 Å². The van der Waals surface area contributed by atoms with E-state index in [1.165, 1.54) is 30.1 Å². The fourth-order valence-electron chi connectivity index (χ4n) is 6.25. The number of ether oxygens (including phenoxy) is 7. The quantitative estimate of drug-likeness (QED) is 0.189. The first-order valence-corrected chi connectivity index (χ1v) is 18.8. The molecule has 4 heterocycles. The summed E-state index contributed by atoms with van der Waals surface area (Å²) in [5, 5.41) is 11.0. The zero-order valence-electron chi connectivity index (χ0n) is 35.1. The van der Waals surface area contributed by atoms with Crippen LogP contribution >= 0.6 is 0 Å². The maximum Gasteiger partial charge on any atom is 0.411 e. The smallest absolute Gasteiger partial charge is 0.411 e. The molecule has 2 aliphatic heterocycles. The zero-order chi connectivity index (χ0) is 43.7. The molecule has 4 aromatic rings. The third-order valence-electron chi connectivity index (χ3n) is 8.91. The van der Waals surface area contributed by atoms with E-state index in [-0.39, 0.29) is 31.0 Å². The molecule has 0 spiro atoms. The maximum atomic E-state index is 12.6. The number of carbonyl (C=O) groups is 4. The van der Waals surface area contributed by atoms with Crippen LogP contribution in [0.5, 0.6) is 17.2 Å². The predicted octanol–water partition coefficient (Wildman–Crippen LogP) is 5.24. The van der Waals surface area contributed by atoms with Crippen molar-refractivity contribution in [1.82, 2.24) is 19.8 Å². The Hall–Kier alpha value is -6.10. The largest absolute Gasteiger partial charge is 0.497 e. The van der Waals surface area contributed by atoms with Gasteiger partial charge in [-0.1, -0.05) is 0 Å². The van der Waals surface area contributed by atoms with E-state index in [2.05, 4.69) is 14.7 Å². The van der Waals surface area contributed by atoms with Gasteiger partial charge in [0.1, 0.15) is 46.6 Å². The Labute approximate surface area is 342 Å². The van der Waals surface area contributed by atoms with Gasteiger partial charge in [0, 0.05) is 54.2 Å². The number of nitrogens with one attached hydrogen (secondary N) is 1. The van der Waals surface area contributed by atoms with Crippen LogP contribution in [0.15, 0.2) is 65.7 Å². The number of β-amino-alcohol motifs (C(OH)–C–C–N with tert-alkyl or cyclic N) is 1. The number of hydrogen-bond acceptors (Lipinski definition) is 14. The van der Waals surface area contributed by atoms with Gasteiger partial charge in [-0.25, -0.2) is 19.2 Å². The van der Waals surface area contributed by atoms with E-state index in [4.69, 9.17) is 28.4 Å². The Kier molecular flexibility index (Phi) is 15.1. The third-order valence-corrected chi connectivity index (χ3v) is 8.91. The summed E-state index contributed by atoms with van der Waals surface area (Å²) < 4.78 is 36.5. The predicted molar refractivity (Wildman–Crippen MR) is 217 cm³/mol. The van der Waals surface area contributed by atoms with Crippen LogP contribution in [-0.4, -0.2) is 126 Å². The number of carbonyl (C=O) groups excluding carboxylic acids is 4. The van der Waals surface area contributed by atoms with Crippen molar-refractivity contribution >= 4 is 45.9 Å². The van der Waals surface area contributed by atoms with E-state index in [1.807, 2.05) is 18.2 Å². The molecule has 2 amide bonds. The van der Waals surface area contributed by atoms with Crippen molar-refractivity contribution in [2.75, 3.05) is 41.5 Å². The highest BCUT2D eigenvalue weighted by atomic mass is 16.6. The number of aliphatic hydroxyl groups excluding tert-OH is 1. The summed E-state index contributed by atoms with van der Waals surface area (Å²) in [6, 6.07) is 12.6. The van der Waals surface area contributed by atoms with Gasteiger partial charge in [-0.05, 0) is 71.9 Å². The molecule has 2 aromatic heterocycles. The van der Waals surface area contributed by atoms with Crippen molar-refractivity contribution < 1.29 is 57.4 Å². The van der Waals surface area contributed by atoms with Crippen LogP contribution in [0.4, 0.5) is 9.59 Å². The van der Waals surface area contributed by atoms with Crippen LogP contribution in [0, 0.1) is 0 Å². The number of aliphatic hydroxyl groups is 1. The first-order chi connectivity index (χ1) is 27.8. The van der Waals surface area contributed by atoms with Crippen LogP contribution < -0.4 is 19.6 Å². The summed E-state index contributed by atoms with van der Waals surface area (Å²) in [7, 11) is 5.74. The summed E-state index contributed by atoms with van der Waals surface area (Å²) in [6.45, 7) is 10.9. The molecule has 17 nitrogen and oxygen atoms in total. The summed E-state index contributed by atoms with van der Waals surface area (Å²) in [5.74, 6) is 1.04. The molecule has 0 saturated carbocycles. The van der Waals surface area contributed by atoms with Gasteiger partial charge in [0.15, 0.2) is 5.43 Å². The van der Waals surface area contributed by atoms with Gasteiger partial charge in [0.05, 0.1) is 58.7 Å². The average Bonchev–Trinajstić information content (AvgIpc) is 3.80. The molecule has 2 saturated heterocycles. The van der Waals surface area contributed by atoms with E-state index >= 15 is 0 Å². The number of amides is 2. The van der Waals surface area contributed by atoms with Crippen molar-refractivity contribution in [1.29, 1.82) is 0 Å². The van der Waals surface area contributed by atoms with E-state index in [0.29, 0.717) is 23.3 Å². The molecule has 2 aromatic carbocycles. The molecule has 59 heavy (non-hydrogen) atoms. The van der Waals surface area contributed by atoms with Crippen LogP contribution in [0.2, 0.25) is 0 Å². The van der Waals surface area contributed by atoms with Crippen molar-refractivity contribution in [3.8, 4) is 17.2 Å². The SMILES string of the molecule is COC(=O)[C@@H]1C[C@@H](Oc2ccnc3cc(OC)ccc23)CN1C(=O)OC(C)(C)C.COC(=O)[C@@H]1C[C@H](O)CN1C(=O)OC(C)(C)C.COc1ccc2c(=O)cc[nH]c2c1. The van der Waals surface area contributed by atoms with Gasteiger partial charge >= 0.3 is 24.1 Å². The Morgan fingerprint density at radius 3 is 1.83 bits per heavy atom. The summed E-state index contributed by atoms with van der Waals surface area (Å²) in [4.78, 5) is 69.3. The van der Waals surface area contributed by atoms with Gasteiger partial charge in [-0.2, -0.15) is 0 Å². The number of aromatic nitrogens is 2. The average molecular weight is 823 g/mol. The molecule has 320 valence electrons. The second-order valence-corrected chi connectivity index (χ2v) is 15.7. The monoisotopic (exact) mass is 822 g/mol. The lowest BCUT2D eigenvalue weighted by Crippen LogP contribution is -2.44. The second-order valence-electron chi connectivity index (χ2n) is 15.7. The second kappa shape index (κ2) is 19.6. The fraction of sp³-hybridized carbons (Fsp3) is 0.476. The Bertz CT molecular complexity index is 2160. The molecule has 6 rings (SSSR count). The highest BCUT2D eigenvalue weighted by Crippen LogP contribution is 2.31. The minimum Gasteiger partial charge on any atom is -0.497 e. The molecule has 0 radical (unpaired) electrons. The Morgan fingerprint density at radius 2 is 1.27 bits per heavy atom. The molecule has 0 unspecified atom stereocenters. The maximum absolute atomic E-state index is 12.6. The normalized spacial score (nSPS) is 18.8. The summed E-state index contributed by atoms with van der Waals surface area (Å²) in [6.07, 6.45) is 1.50. The lowest BCUT2D eigenvalue weighted by molar-refractivity contribution is -0.146. The minimum atomic E-state index is -0.759.